The maximum absolute atomic E-state index is 12.4. The molecule has 0 spiro atoms. The van der Waals surface area contributed by atoms with Gasteiger partial charge in [-0.05, 0) is 32.1 Å². The predicted octanol–water partition coefficient (Wildman–Crippen LogP) is 0.752. The third-order valence-corrected chi connectivity index (χ3v) is 4.20. The van der Waals surface area contributed by atoms with Crippen LogP contribution in [0.2, 0.25) is 0 Å². The zero-order chi connectivity index (χ0) is 20.8. The van der Waals surface area contributed by atoms with E-state index in [1.54, 1.807) is 13.8 Å². The molecule has 2 rings (SSSR count). The lowest BCUT2D eigenvalue weighted by Crippen LogP contribution is -2.60. The van der Waals surface area contributed by atoms with Crippen LogP contribution in [0.3, 0.4) is 0 Å². The van der Waals surface area contributed by atoms with Crippen LogP contribution in [-0.4, -0.2) is 58.0 Å². The van der Waals surface area contributed by atoms with E-state index in [1.807, 2.05) is 0 Å². The Morgan fingerprint density at radius 2 is 2.18 bits per heavy atom. The minimum atomic E-state index is -0.919. The van der Waals surface area contributed by atoms with Crippen molar-refractivity contribution in [3.8, 4) is 0 Å². The van der Waals surface area contributed by atoms with E-state index in [0.717, 1.165) is 6.07 Å². The number of thiocarbonyl (C=S) groups is 1. The summed E-state index contributed by atoms with van der Waals surface area (Å²) in [4.78, 5) is 48.2. The van der Waals surface area contributed by atoms with Crippen LogP contribution in [0.15, 0.2) is 24.3 Å². The standard InChI is InChI=1S/C17H20N4O6S/c1-10(2)27-14(22)9-13-16(24)18-6-7-20(13)17(28)19-15(23)11-4-3-5-12(8-11)21(25)26/h3-5,8,10,13H,6-7,9H2,1-2H3,(H,18,24)(H,19,23,28). The summed E-state index contributed by atoms with van der Waals surface area (Å²) < 4.78 is 5.08. The van der Waals surface area contributed by atoms with Gasteiger partial charge in [-0.2, -0.15) is 0 Å². The molecule has 2 amide bonds. The number of hydrogen-bond donors (Lipinski definition) is 2. The number of nitrogens with one attached hydrogen (secondary N) is 2. The maximum Gasteiger partial charge on any atom is 0.308 e. The van der Waals surface area contributed by atoms with Gasteiger partial charge in [-0.1, -0.05) is 6.07 Å². The SMILES string of the molecule is CC(C)OC(=O)CC1C(=O)NCCN1C(=S)NC(=O)c1cccc([N+](=O)[O-])c1. The first-order valence-corrected chi connectivity index (χ1v) is 8.93. The number of ether oxygens (including phenoxy) is 1. The number of hydrogen-bond acceptors (Lipinski definition) is 7. The molecule has 2 N–H and O–H groups in total. The van der Waals surface area contributed by atoms with Crippen molar-refractivity contribution in [2.24, 2.45) is 0 Å². The molecule has 0 radical (unpaired) electrons. The smallest absolute Gasteiger partial charge is 0.308 e. The molecular weight excluding hydrogens is 388 g/mol. The fourth-order valence-electron chi connectivity index (χ4n) is 2.63. The number of benzene rings is 1. The average Bonchev–Trinajstić information content (AvgIpc) is 2.62. The highest BCUT2D eigenvalue weighted by Gasteiger charge is 2.34. The predicted molar refractivity (Wildman–Crippen MR) is 103 cm³/mol. The van der Waals surface area contributed by atoms with Crippen molar-refractivity contribution in [1.82, 2.24) is 15.5 Å². The van der Waals surface area contributed by atoms with Gasteiger partial charge in [0.2, 0.25) is 5.91 Å². The second kappa shape index (κ2) is 9.22. The van der Waals surface area contributed by atoms with E-state index in [0.29, 0.717) is 13.1 Å². The molecule has 150 valence electrons. The first kappa shape index (κ1) is 21.2. The van der Waals surface area contributed by atoms with Crippen LogP contribution in [0.1, 0.15) is 30.6 Å². The highest BCUT2D eigenvalue weighted by molar-refractivity contribution is 7.80. The van der Waals surface area contributed by atoms with Crippen molar-refractivity contribution in [1.29, 1.82) is 0 Å². The van der Waals surface area contributed by atoms with Gasteiger partial charge in [0.05, 0.1) is 17.4 Å². The van der Waals surface area contributed by atoms with Crippen LogP contribution >= 0.6 is 12.2 Å². The lowest BCUT2D eigenvalue weighted by Gasteiger charge is -2.36. The van der Waals surface area contributed by atoms with Gasteiger partial charge in [0.25, 0.3) is 11.6 Å². The Labute approximate surface area is 166 Å². The summed E-state index contributed by atoms with van der Waals surface area (Å²) in [5, 5.41) is 15.9. The van der Waals surface area contributed by atoms with E-state index in [2.05, 4.69) is 10.6 Å². The summed E-state index contributed by atoms with van der Waals surface area (Å²) in [5.41, 5.74) is -0.181. The summed E-state index contributed by atoms with van der Waals surface area (Å²) in [7, 11) is 0. The van der Waals surface area contributed by atoms with Crippen molar-refractivity contribution >= 4 is 40.8 Å². The first-order chi connectivity index (χ1) is 13.2. The Bertz CT molecular complexity index is 813. The summed E-state index contributed by atoms with van der Waals surface area (Å²) in [6.07, 6.45) is -0.551. The van der Waals surface area contributed by atoms with Gasteiger partial charge in [-0.3, -0.25) is 29.8 Å². The molecule has 1 saturated heterocycles. The fraction of sp³-hybridized carbons (Fsp3) is 0.412. The molecule has 10 nitrogen and oxygen atoms in total. The molecule has 1 fully saturated rings. The monoisotopic (exact) mass is 408 g/mol. The number of esters is 1. The molecule has 0 aliphatic carbocycles. The molecule has 0 saturated carbocycles. The summed E-state index contributed by atoms with van der Waals surface area (Å²) in [5.74, 6) is -1.61. The molecule has 0 bridgehead atoms. The molecule has 1 aromatic carbocycles. The molecule has 1 unspecified atom stereocenters. The van der Waals surface area contributed by atoms with E-state index in [9.17, 15) is 24.5 Å². The molecule has 1 aliphatic rings. The third-order valence-electron chi connectivity index (χ3n) is 3.86. The second-order valence-corrected chi connectivity index (χ2v) is 6.70. The molecule has 1 aromatic rings. The minimum absolute atomic E-state index is 0.0475. The van der Waals surface area contributed by atoms with Crippen LogP contribution < -0.4 is 10.6 Å². The number of nitro groups is 1. The number of amides is 2. The number of non-ortho nitro benzene ring substituents is 1. The topological polar surface area (TPSA) is 131 Å². The van der Waals surface area contributed by atoms with Gasteiger partial charge in [-0.15, -0.1) is 0 Å². The van der Waals surface area contributed by atoms with Crippen LogP contribution in [0.25, 0.3) is 0 Å². The van der Waals surface area contributed by atoms with Gasteiger partial charge >= 0.3 is 5.97 Å². The number of nitro benzene ring substituents is 1. The summed E-state index contributed by atoms with van der Waals surface area (Å²) in [6, 6.07) is 4.26. The first-order valence-electron chi connectivity index (χ1n) is 8.52. The van der Waals surface area contributed by atoms with Crippen LogP contribution in [0.4, 0.5) is 5.69 Å². The maximum atomic E-state index is 12.4. The third kappa shape index (κ3) is 5.46. The van der Waals surface area contributed by atoms with Gasteiger partial charge in [0, 0.05) is 30.8 Å². The van der Waals surface area contributed by atoms with E-state index in [1.165, 1.54) is 23.1 Å². The normalized spacial score (nSPS) is 16.3. The van der Waals surface area contributed by atoms with E-state index in [-0.39, 0.29) is 28.9 Å². The van der Waals surface area contributed by atoms with Crippen LogP contribution in [-0.2, 0) is 14.3 Å². The van der Waals surface area contributed by atoms with Crippen molar-refractivity contribution < 1.29 is 24.0 Å². The molecule has 0 aromatic heterocycles. The average molecular weight is 408 g/mol. The number of carbonyl (C=O) groups excluding carboxylic acids is 3. The number of nitrogens with zero attached hydrogens (tertiary/aromatic N) is 2. The number of carbonyl (C=O) groups is 3. The Balaban J connectivity index is 2.10. The Kier molecular flexibility index (Phi) is 6.99. The zero-order valence-electron chi connectivity index (χ0n) is 15.3. The van der Waals surface area contributed by atoms with Gasteiger partial charge < -0.3 is 15.0 Å². The van der Waals surface area contributed by atoms with Crippen molar-refractivity contribution in [3.05, 3.63) is 39.9 Å². The lowest BCUT2D eigenvalue weighted by molar-refractivity contribution is -0.384. The minimum Gasteiger partial charge on any atom is -0.463 e. The molecule has 1 atom stereocenters. The molecule has 1 heterocycles. The van der Waals surface area contributed by atoms with Crippen LogP contribution in [0.5, 0.6) is 0 Å². The van der Waals surface area contributed by atoms with E-state index < -0.39 is 28.7 Å². The Morgan fingerprint density at radius 3 is 2.82 bits per heavy atom. The van der Waals surface area contributed by atoms with E-state index in [4.69, 9.17) is 17.0 Å². The van der Waals surface area contributed by atoms with E-state index >= 15 is 0 Å². The van der Waals surface area contributed by atoms with Gasteiger partial charge in [-0.25, -0.2) is 0 Å². The Hall–Kier alpha value is -3.08. The highest BCUT2D eigenvalue weighted by Crippen LogP contribution is 2.14. The van der Waals surface area contributed by atoms with Crippen LogP contribution in [0, 0.1) is 10.1 Å². The Morgan fingerprint density at radius 1 is 1.46 bits per heavy atom. The zero-order valence-corrected chi connectivity index (χ0v) is 16.2. The van der Waals surface area contributed by atoms with Gasteiger partial charge in [0.1, 0.15) is 6.04 Å². The highest BCUT2D eigenvalue weighted by atomic mass is 32.1. The summed E-state index contributed by atoms with van der Waals surface area (Å²) in [6.45, 7) is 3.97. The number of piperazine rings is 1. The van der Waals surface area contributed by atoms with Gasteiger partial charge in [0.15, 0.2) is 5.11 Å². The lowest BCUT2D eigenvalue weighted by atomic mass is 10.1. The number of rotatable bonds is 5. The molecule has 28 heavy (non-hydrogen) atoms. The molecule has 1 aliphatic heterocycles. The largest absolute Gasteiger partial charge is 0.463 e. The van der Waals surface area contributed by atoms with Crippen molar-refractivity contribution in [3.63, 3.8) is 0 Å². The second-order valence-electron chi connectivity index (χ2n) is 6.31. The quantitative estimate of drug-likeness (QED) is 0.316. The summed E-state index contributed by atoms with van der Waals surface area (Å²) >= 11 is 5.23. The molecule has 11 heteroatoms. The molecular formula is C17H20N4O6S. The fourth-order valence-corrected chi connectivity index (χ4v) is 2.94. The van der Waals surface area contributed by atoms with Crippen molar-refractivity contribution in [2.45, 2.75) is 32.4 Å². The van der Waals surface area contributed by atoms with Crippen molar-refractivity contribution in [2.75, 3.05) is 13.1 Å².